The molecule has 0 N–H and O–H groups in total. The molecular formula is C22H28N2O2S. The summed E-state index contributed by atoms with van der Waals surface area (Å²) >= 11 is 1.60. The summed E-state index contributed by atoms with van der Waals surface area (Å²) in [5.74, 6) is -0.0327. The predicted octanol–water partition coefficient (Wildman–Crippen LogP) is 4.99. The lowest BCUT2D eigenvalue weighted by Crippen LogP contribution is -2.44. The van der Waals surface area contributed by atoms with E-state index in [1.54, 1.807) is 11.8 Å². The number of amides is 1. The van der Waals surface area contributed by atoms with Crippen LogP contribution < -0.4 is 0 Å². The monoisotopic (exact) mass is 384 g/mol. The minimum absolute atomic E-state index is 0.0327. The van der Waals surface area contributed by atoms with Crippen molar-refractivity contribution in [3.8, 4) is 0 Å². The molecule has 1 spiro atoms. The van der Waals surface area contributed by atoms with Gasteiger partial charge in [0.2, 0.25) is 0 Å². The third-order valence-electron chi connectivity index (χ3n) is 5.86. The lowest BCUT2D eigenvalue weighted by atomic mass is 9.84. The van der Waals surface area contributed by atoms with Crippen LogP contribution in [0.2, 0.25) is 0 Å². The van der Waals surface area contributed by atoms with Crippen LogP contribution in [-0.2, 0) is 21.7 Å². The van der Waals surface area contributed by atoms with Crippen molar-refractivity contribution in [3.05, 3.63) is 45.9 Å². The van der Waals surface area contributed by atoms with Crippen LogP contribution >= 0.6 is 11.8 Å². The Morgan fingerprint density at radius 1 is 1.19 bits per heavy atom. The van der Waals surface area contributed by atoms with E-state index in [1.807, 2.05) is 0 Å². The Hall–Kier alpha value is -1.59. The molecule has 3 aliphatic rings. The molecule has 0 unspecified atom stereocenters. The van der Waals surface area contributed by atoms with E-state index in [2.05, 4.69) is 48.0 Å². The zero-order chi connectivity index (χ0) is 18.9. The number of hydrogen-bond donors (Lipinski definition) is 0. The molecule has 0 atom stereocenters. The molecule has 0 bridgehead atoms. The summed E-state index contributed by atoms with van der Waals surface area (Å²) < 4.78 is 6.26. The van der Waals surface area contributed by atoms with Crippen LogP contribution in [0.4, 0.5) is 0 Å². The number of rotatable bonds is 4. The molecule has 4 nitrogen and oxygen atoms in total. The summed E-state index contributed by atoms with van der Waals surface area (Å²) in [4.78, 5) is 20.1. The Balaban J connectivity index is 1.46. The normalized spacial score (nSPS) is 21.0. The van der Waals surface area contributed by atoms with Gasteiger partial charge in [0.25, 0.3) is 5.91 Å². The smallest absolute Gasteiger partial charge is 0.286 e. The average Bonchev–Trinajstić information content (AvgIpc) is 3.24. The summed E-state index contributed by atoms with van der Waals surface area (Å²) in [6.45, 7) is 6.83. The van der Waals surface area contributed by atoms with E-state index < -0.39 is 0 Å². The minimum atomic E-state index is -0.144. The highest BCUT2D eigenvalue weighted by molar-refractivity contribution is 8.18. The molecule has 4 rings (SSSR count). The number of amidine groups is 1. The van der Waals surface area contributed by atoms with Gasteiger partial charge in [0, 0.05) is 13.1 Å². The van der Waals surface area contributed by atoms with Gasteiger partial charge in [-0.3, -0.25) is 4.79 Å². The van der Waals surface area contributed by atoms with Gasteiger partial charge in [-0.2, -0.15) is 4.99 Å². The molecule has 3 aliphatic heterocycles. The lowest BCUT2D eigenvalue weighted by molar-refractivity contribution is -0.113. The molecule has 1 fully saturated rings. The van der Waals surface area contributed by atoms with Crippen molar-refractivity contribution in [1.29, 1.82) is 0 Å². The topological polar surface area (TPSA) is 41.9 Å². The van der Waals surface area contributed by atoms with Crippen molar-refractivity contribution in [2.45, 2.75) is 64.6 Å². The number of likely N-dealkylation sites (tertiary alicyclic amines) is 1. The second-order valence-corrected chi connectivity index (χ2v) is 8.64. The van der Waals surface area contributed by atoms with Gasteiger partial charge in [-0.1, -0.05) is 56.5 Å². The van der Waals surface area contributed by atoms with Crippen LogP contribution in [0.1, 0.15) is 63.5 Å². The number of carbonyl (C=O) groups excluding carboxylic acids is 1. The number of fused-ring (bicyclic) bond motifs is 2. The average molecular weight is 385 g/mol. The Morgan fingerprint density at radius 2 is 1.89 bits per heavy atom. The lowest BCUT2D eigenvalue weighted by Gasteiger charge is -2.39. The number of aliphatic imine (C=N–C) groups is 1. The van der Waals surface area contributed by atoms with E-state index in [9.17, 15) is 4.79 Å². The highest BCUT2D eigenvalue weighted by Gasteiger charge is 2.43. The highest BCUT2D eigenvalue weighted by Crippen LogP contribution is 2.45. The quantitative estimate of drug-likeness (QED) is 0.686. The molecular weight excluding hydrogens is 356 g/mol. The maximum atomic E-state index is 12.5. The van der Waals surface area contributed by atoms with Crippen molar-refractivity contribution in [3.63, 3.8) is 0 Å². The Morgan fingerprint density at radius 3 is 2.59 bits per heavy atom. The largest absolute Gasteiger partial charge is 0.365 e. The van der Waals surface area contributed by atoms with Crippen LogP contribution in [0.25, 0.3) is 0 Å². The molecule has 0 saturated carbocycles. The van der Waals surface area contributed by atoms with Crippen LogP contribution in [0.5, 0.6) is 0 Å². The predicted molar refractivity (Wildman–Crippen MR) is 111 cm³/mol. The molecule has 144 valence electrons. The first-order chi connectivity index (χ1) is 13.2. The van der Waals surface area contributed by atoms with E-state index in [-0.39, 0.29) is 11.5 Å². The molecule has 0 aromatic heterocycles. The fraction of sp³-hybridized carbons (Fsp3) is 0.545. The molecule has 0 radical (unpaired) electrons. The van der Waals surface area contributed by atoms with Gasteiger partial charge in [0.15, 0.2) is 5.17 Å². The third kappa shape index (κ3) is 3.47. The summed E-state index contributed by atoms with van der Waals surface area (Å²) in [7, 11) is 0. The van der Waals surface area contributed by atoms with Crippen molar-refractivity contribution >= 4 is 22.8 Å². The number of allylic oxidation sites excluding steroid dienone is 1. The summed E-state index contributed by atoms with van der Waals surface area (Å²) in [5.41, 5.74) is 3.82. The molecule has 1 saturated heterocycles. The number of hydrogen-bond acceptors (Lipinski definition) is 4. The van der Waals surface area contributed by atoms with Gasteiger partial charge in [0.1, 0.15) is 0 Å². The van der Waals surface area contributed by atoms with E-state index in [4.69, 9.17) is 4.74 Å². The fourth-order valence-corrected chi connectivity index (χ4v) is 5.57. The number of carbonyl (C=O) groups is 1. The SMILES string of the molecule is CCCC(CCC)=C1SC(N2CCC3(CC2)OCc2ccccc23)=NC1=O. The fourth-order valence-electron chi connectivity index (χ4n) is 4.47. The summed E-state index contributed by atoms with van der Waals surface area (Å²) in [6, 6.07) is 8.58. The highest BCUT2D eigenvalue weighted by atomic mass is 32.2. The van der Waals surface area contributed by atoms with Crippen LogP contribution in [0.15, 0.2) is 39.7 Å². The van der Waals surface area contributed by atoms with Gasteiger partial charge < -0.3 is 9.64 Å². The standard InChI is InChI=1S/C22H28N2O2S/c1-3-7-16(8-4-2)19-20(25)23-21(27-19)24-13-11-22(12-14-24)18-10-6-5-9-17(18)15-26-22/h5-6,9-10H,3-4,7-8,11-15H2,1-2H3. The number of nitrogens with zero attached hydrogens (tertiary/aromatic N) is 2. The van der Waals surface area contributed by atoms with Gasteiger partial charge in [-0.05, 0) is 48.6 Å². The van der Waals surface area contributed by atoms with Gasteiger partial charge in [-0.15, -0.1) is 0 Å². The van der Waals surface area contributed by atoms with Crippen molar-refractivity contribution in [1.82, 2.24) is 4.90 Å². The molecule has 1 amide bonds. The van der Waals surface area contributed by atoms with Gasteiger partial charge in [0.05, 0.1) is 17.1 Å². The molecule has 27 heavy (non-hydrogen) atoms. The molecule has 1 aromatic rings. The maximum absolute atomic E-state index is 12.5. The van der Waals surface area contributed by atoms with Crippen LogP contribution in [0.3, 0.4) is 0 Å². The molecule has 1 aromatic carbocycles. The summed E-state index contributed by atoms with van der Waals surface area (Å²) in [6.07, 6.45) is 6.05. The Bertz CT molecular complexity index is 783. The van der Waals surface area contributed by atoms with Crippen LogP contribution in [0, 0.1) is 0 Å². The molecule has 3 heterocycles. The minimum Gasteiger partial charge on any atom is -0.365 e. The zero-order valence-corrected chi connectivity index (χ0v) is 17.1. The Kier molecular flexibility index (Phi) is 5.42. The van der Waals surface area contributed by atoms with E-state index >= 15 is 0 Å². The first kappa shape index (κ1) is 18.8. The van der Waals surface area contributed by atoms with Gasteiger partial charge in [-0.25, -0.2) is 0 Å². The van der Waals surface area contributed by atoms with E-state index in [1.165, 1.54) is 16.7 Å². The Labute approximate surface area is 166 Å². The summed E-state index contributed by atoms with van der Waals surface area (Å²) in [5, 5.41) is 0.890. The van der Waals surface area contributed by atoms with Crippen molar-refractivity contribution in [2.24, 2.45) is 4.99 Å². The first-order valence-corrected chi connectivity index (χ1v) is 11.0. The van der Waals surface area contributed by atoms with Gasteiger partial charge >= 0.3 is 0 Å². The maximum Gasteiger partial charge on any atom is 0.286 e. The first-order valence-electron chi connectivity index (χ1n) is 10.2. The molecule has 5 heteroatoms. The van der Waals surface area contributed by atoms with E-state index in [0.717, 1.165) is 61.7 Å². The van der Waals surface area contributed by atoms with E-state index in [0.29, 0.717) is 6.61 Å². The number of thioether (sulfide) groups is 1. The zero-order valence-electron chi connectivity index (χ0n) is 16.3. The second kappa shape index (κ2) is 7.80. The van der Waals surface area contributed by atoms with Crippen molar-refractivity contribution in [2.75, 3.05) is 13.1 Å². The number of ether oxygens (including phenoxy) is 1. The third-order valence-corrected chi connectivity index (χ3v) is 7.06. The number of piperidine rings is 1. The second-order valence-electron chi connectivity index (χ2n) is 7.66. The van der Waals surface area contributed by atoms with Crippen molar-refractivity contribution < 1.29 is 9.53 Å². The number of benzene rings is 1. The molecule has 0 aliphatic carbocycles. The van der Waals surface area contributed by atoms with Crippen LogP contribution in [-0.4, -0.2) is 29.1 Å².